The molecule has 0 bridgehead atoms. The van der Waals surface area contributed by atoms with E-state index in [2.05, 4.69) is 5.32 Å². The molecule has 0 atom stereocenters. The van der Waals surface area contributed by atoms with Crippen LogP contribution in [0.2, 0.25) is 5.02 Å². The summed E-state index contributed by atoms with van der Waals surface area (Å²) >= 11 is 5.91. The van der Waals surface area contributed by atoms with Crippen molar-refractivity contribution in [3.63, 3.8) is 0 Å². The van der Waals surface area contributed by atoms with E-state index in [1.807, 2.05) is 0 Å². The van der Waals surface area contributed by atoms with Crippen LogP contribution in [0.5, 0.6) is 0 Å². The average molecular weight is 383 g/mol. The fourth-order valence-corrected chi connectivity index (χ4v) is 4.50. The number of nitrogens with zero attached hydrogens (tertiary/aromatic N) is 1. The minimum atomic E-state index is -3.30. The zero-order chi connectivity index (χ0) is 18.2. The Hall–Kier alpha value is -2.12. The molecule has 1 amide bonds. The number of nitrogens with one attached hydrogen (secondary N) is 1. The molecule has 2 aromatic carbocycles. The lowest BCUT2D eigenvalue weighted by Gasteiger charge is -2.19. The summed E-state index contributed by atoms with van der Waals surface area (Å²) in [5.74, 6) is -0.901. The van der Waals surface area contributed by atoms with Gasteiger partial charge >= 0.3 is 0 Å². The first-order chi connectivity index (χ1) is 11.8. The Kier molecular flexibility index (Phi) is 4.71. The number of hydrogen-bond acceptors (Lipinski definition) is 3. The lowest BCUT2D eigenvalue weighted by Crippen LogP contribution is -2.25. The van der Waals surface area contributed by atoms with Crippen molar-refractivity contribution in [3.05, 3.63) is 58.4 Å². The van der Waals surface area contributed by atoms with E-state index in [1.165, 1.54) is 10.4 Å². The van der Waals surface area contributed by atoms with Crippen molar-refractivity contribution in [2.24, 2.45) is 0 Å². The molecule has 1 aliphatic heterocycles. The van der Waals surface area contributed by atoms with Crippen molar-refractivity contribution < 1.29 is 17.6 Å². The van der Waals surface area contributed by atoms with Gasteiger partial charge in [-0.15, -0.1) is 0 Å². The minimum absolute atomic E-state index is 0.00780. The second-order valence-electron chi connectivity index (χ2n) is 5.82. The minimum Gasteiger partial charge on any atom is -0.322 e. The van der Waals surface area contributed by atoms with Gasteiger partial charge in [0.05, 0.1) is 22.0 Å². The Morgan fingerprint density at radius 3 is 2.64 bits per heavy atom. The first-order valence-electron chi connectivity index (χ1n) is 7.65. The maximum absolute atomic E-state index is 13.1. The Labute approximate surface area is 150 Å². The zero-order valence-electron chi connectivity index (χ0n) is 13.4. The van der Waals surface area contributed by atoms with Crippen molar-refractivity contribution >= 4 is 38.9 Å². The summed E-state index contributed by atoms with van der Waals surface area (Å²) in [4.78, 5) is 12.4. The summed E-state index contributed by atoms with van der Waals surface area (Å²) in [6, 6.07) is 8.59. The largest absolute Gasteiger partial charge is 0.322 e. The molecule has 5 nitrogen and oxygen atoms in total. The Morgan fingerprint density at radius 2 is 2.00 bits per heavy atom. The van der Waals surface area contributed by atoms with Crippen molar-refractivity contribution in [2.75, 3.05) is 21.9 Å². The van der Waals surface area contributed by atoms with E-state index >= 15 is 0 Å². The summed E-state index contributed by atoms with van der Waals surface area (Å²) in [5, 5.41) is 2.72. The number of anilines is 2. The molecule has 0 radical (unpaired) electrons. The molecular formula is C17H16ClFN2O3S. The van der Waals surface area contributed by atoms with Crippen LogP contribution in [-0.4, -0.2) is 26.6 Å². The molecule has 8 heteroatoms. The molecule has 25 heavy (non-hydrogen) atoms. The van der Waals surface area contributed by atoms with Gasteiger partial charge in [0.25, 0.3) is 5.91 Å². The third-order valence-corrected chi connectivity index (χ3v) is 6.21. The lowest BCUT2D eigenvalue weighted by atomic mass is 10.1. The monoisotopic (exact) mass is 382 g/mol. The highest BCUT2D eigenvalue weighted by molar-refractivity contribution is 7.93. The van der Waals surface area contributed by atoms with Crippen molar-refractivity contribution in [3.8, 4) is 0 Å². The number of benzene rings is 2. The molecule has 1 heterocycles. The molecule has 1 fully saturated rings. The topological polar surface area (TPSA) is 66.5 Å². The zero-order valence-corrected chi connectivity index (χ0v) is 15.0. The summed E-state index contributed by atoms with van der Waals surface area (Å²) in [6.45, 7) is 2.21. The molecule has 1 N–H and O–H groups in total. The van der Waals surface area contributed by atoms with Gasteiger partial charge in [-0.05, 0) is 49.2 Å². The number of amides is 1. The molecule has 0 saturated carbocycles. The number of hydrogen-bond donors (Lipinski definition) is 1. The molecule has 132 valence electrons. The first-order valence-corrected chi connectivity index (χ1v) is 9.64. The third-order valence-electron chi connectivity index (χ3n) is 4.03. The molecule has 3 rings (SSSR count). The summed E-state index contributed by atoms with van der Waals surface area (Å²) in [7, 11) is -3.30. The van der Waals surface area contributed by atoms with Gasteiger partial charge in [-0.25, -0.2) is 12.8 Å². The fourth-order valence-electron chi connectivity index (χ4n) is 2.69. The van der Waals surface area contributed by atoms with Crippen LogP contribution < -0.4 is 9.62 Å². The van der Waals surface area contributed by atoms with E-state index in [1.54, 1.807) is 25.1 Å². The van der Waals surface area contributed by atoms with E-state index in [0.717, 1.165) is 17.7 Å². The third kappa shape index (κ3) is 3.62. The number of sulfonamides is 1. The van der Waals surface area contributed by atoms with Crippen LogP contribution in [0, 0.1) is 12.7 Å². The normalized spacial score (nSPS) is 16.0. The highest BCUT2D eigenvalue weighted by atomic mass is 35.5. The number of carbonyl (C=O) groups excluding carboxylic acids is 1. The van der Waals surface area contributed by atoms with E-state index in [4.69, 9.17) is 11.6 Å². The van der Waals surface area contributed by atoms with E-state index < -0.39 is 21.7 Å². The summed E-state index contributed by atoms with van der Waals surface area (Å²) < 4.78 is 38.6. The van der Waals surface area contributed by atoms with Gasteiger partial charge in [-0.2, -0.15) is 0 Å². The Morgan fingerprint density at radius 1 is 1.24 bits per heavy atom. The molecule has 0 unspecified atom stereocenters. The van der Waals surface area contributed by atoms with Crippen molar-refractivity contribution in [1.29, 1.82) is 0 Å². The lowest BCUT2D eigenvalue weighted by molar-refractivity contribution is 0.102. The Balaban J connectivity index is 1.90. The second-order valence-corrected chi connectivity index (χ2v) is 8.24. The van der Waals surface area contributed by atoms with Gasteiger partial charge in [0.1, 0.15) is 5.82 Å². The van der Waals surface area contributed by atoms with Gasteiger partial charge in [-0.1, -0.05) is 17.7 Å². The fraction of sp³-hybridized carbons (Fsp3) is 0.235. The van der Waals surface area contributed by atoms with Gasteiger partial charge in [0, 0.05) is 12.2 Å². The van der Waals surface area contributed by atoms with Crippen molar-refractivity contribution in [1.82, 2.24) is 0 Å². The SMILES string of the molecule is Cc1ccc(N2CCCS2(=O)=O)cc1NC(=O)c1ccc(F)cc1Cl. The number of carbonyl (C=O) groups is 1. The van der Waals surface area contributed by atoms with Crippen LogP contribution in [-0.2, 0) is 10.0 Å². The van der Waals surface area contributed by atoms with Crippen LogP contribution in [0.1, 0.15) is 22.3 Å². The van der Waals surface area contributed by atoms with Gasteiger partial charge in [0.15, 0.2) is 0 Å². The molecule has 2 aromatic rings. The first kappa shape index (κ1) is 17.7. The van der Waals surface area contributed by atoms with E-state index in [9.17, 15) is 17.6 Å². The molecule has 1 saturated heterocycles. The van der Waals surface area contributed by atoms with Crippen LogP contribution >= 0.6 is 11.6 Å². The Bertz CT molecular complexity index is 947. The molecule has 1 aliphatic rings. The highest BCUT2D eigenvalue weighted by Gasteiger charge is 2.28. The number of aryl methyl sites for hydroxylation is 1. The van der Waals surface area contributed by atoms with E-state index in [0.29, 0.717) is 24.3 Å². The van der Waals surface area contributed by atoms with Crippen molar-refractivity contribution in [2.45, 2.75) is 13.3 Å². The molecule has 0 aromatic heterocycles. The maximum atomic E-state index is 13.1. The van der Waals surface area contributed by atoms with E-state index in [-0.39, 0.29) is 16.3 Å². The number of rotatable bonds is 3. The van der Waals surface area contributed by atoms with Crippen LogP contribution in [0.15, 0.2) is 36.4 Å². The highest BCUT2D eigenvalue weighted by Crippen LogP contribution is 2.29. The molecular weight excluding hydrogens is 367 g/mol. The predicted molar refractivity (Wildman–Crippen MR) is 96.3 cm³/mol. The summed E-state index contributed by atoms with van der Waals surface area (Å²) in [6.07, 6.45) is 0.573. The van der Waals surface area contributed by atoms with Gasteiger partial charge in [-0.3, -0.25) is 9.10 Å². The van der Waals surface area contributed by atoms with Crippen LogP contribution in [0.3, 0.4) is 0 Å². The molecule has 0 spiro atoms. The molecule has 0 aliphatic carbocycles. The average Bonchev–Trinajstić information content (AvgIpc) is 2.88. The van der Waals surface area contributed by atoms with Gasteiger partial charge in [0.2, 0.25) is 10.0 Å². The smallest absolute Gasteiger partial charge is 0.257 e. The second kappa shape index (κ2) is 6.65. The summed E-state index contributed by atoms with van der Waals surface area (Å²) in [5.41, 5.74) is 1.89. The quantitative estimate of drug-likeness (QED) is 0.882. The van der Waals surface area contributed by atoms with Crippen LogP contribution in [0.4, 0.5) is 15.8 Å². The number of halogens is 2. The van der Waals surface area contributed by atoms with Crippen LogP contribution in [0.25, 0.3) is 0 Å². The van der Waals surface area contributed by atoms with Gasteiger partial charge < -0.3 is 5.32 Å². The standard InChI is InChI=1S/C17H16ClFN2O3S/c1-11-3-5-13(21-7-2-8-25(21,23)24)10-16(11)20-17(22)14-6-4-12(19)9-15(14)18/h3-6,9-10H,2,7-8H2,1H3,(H,20,22). The predicted octanol–water partition coefficient (Wildman–Crippen LogP) is 3.58. The maximum Gasteiger partial charge on any atom is 0.257 e.